The minimum atomic E-state index is -4.55. The summed E-state index contributed by atoms with van der Waals surface area (Å²) in [6.07, 6.45) is -4.48. The number of nitrogens with two attached hydrogens (primary N) is 1. The number of amides is 1. The van der Waals surface area contributed by atoms with Gasteiger partial charge in [0, 0.05) is 11.0 Å². The first-order valence-corrected chi connectivity index (χ1v) is 8.17. The molecule has 3 N–H and O–H groups in total. The van der Waals surface area contributed by atoms with Crippen LogP contribution in [0, 0.1) is 0 Å². The lowest BCUT2D eigenvalue weighted by atomic mass is 10.1. The lowest BCUT2D eigenvalue weighted by Gasteiger charge is -2.11. The molecule has 1 amide bonds. The number of hydrogen-bond acceptors (Lipinski definition) is 3. The summed E-state index contributed by atoms with van der Waals surface area (Å²) in [5.41, 5.74) is -1.12. The number of sulfonamides is 1. The molecule has 0 aliphatic heterocycles. The quantitative estimate of drug-likeness (QED) is 0.754. The van der Waals surface area contributed by atoms with Gasteiger partial charge in [0.1, 0.15) is 0 Å². The van der Waals surface area contributed by atoms with Crippen LogP contribution in [0.15, 0.2) is 22.7 Å². The van der Waals surface area contributed by atoms with E-state index in [0.29, 0.717) is 0 Å². The maximum atomic E-state index is 12.6. The Hall–Kier alpha value is -1.13. The molecule has 0 saturated heterocycles. The van der Waals surface area contributed by atoms with E-state index in [4.69, 9.17) is 5.14 Å². The van der Waals surface area contributed by atoms with Crippen molar-refractivity contribution in [1.82, 2.24) is 5.32 Å². The number of primary sulfonamides is 1. The summed E-state index contributed by atoms with van der Waals surface area (Å²) in [4.78, 5) is 11.8. The predicted octanol–water partition coefficient (Wildman–Crippen LogP) is 1.88. The van der Waals surface area contributed by atoms with Crippen LogP contribution >= 0.6 is 15.9 Å². The van der Waals surface area contributed by atoms with Crippen molar-refractivity contribution >= 4 is 31.9 Å². The van der Waals surface area contributed by atoms with Gasteiger partial charge in [0.05, 0.1) is 16.9 Å². The Morgan fingerprint density at radius 2 is 1.95 bits per heavy atom. The Bertz CT molecular complexity index is 632. The summed E-state index contributed by atoms with van der Waals surface area (Å²) in [6, 6.07) is 2.70. The van der Waals surface area contributed by atoms with Crippen LogP contribution < -0.4 is 10.5 Å². The highest BCUT2D eigenvalue weighted by atomic mass is 79.9. The first-order chi connectivity index (χ1) is 9.50. The third-order valence-corrected chi connectivity index (χ3v) is 3.98. The van der Waals surface area contributed by atoms with E-state index < -0.39 is 27.7 Å². The van der Waals surface area contributed by atoms with Gasteiger partial charge in [-0.25, -0.2) is 13.6 Å². The summed E-state index contributed by atoms with van der Waals surface area (Å²) in [5, 5.41) is 7.12. The van der Waals surface area contributed by atoms with Crippen molar-refractivity contribution in [2.75, 3.05) is 12.3 Å². The van der Waals surface area contributed by atoms with Gasteiger partial charge in [-0.3, -0.25) is 4.79 Å². The minimum absolute atomic E-state index is 0.0159. The second kappa shape index (κ2) is 6.75. The standard InChI is InChI=1S/C11H12BrF3N2O3S/c12-9-3-2-7(11(13,14)15)6-8(9)10(18)17-4-1-5-21(16,19)20/h2-3,6H,1,4-5H2,(H,17,18)(H2,16,19,20). The second-order valence-electron chi connectivity index (χ2n) is 4.17. The predicted molar refractivity (Wildman–Crippen MR) is 74.1 cm³/mol. The molecule has 21 heavy (non-hydrogen) atoms. The molecule has 0 aromatic heterocycles. The minimum Gasteiger partial charge on any atom is -0.352 e. The molecule has 0 fully saturated rings. The maximum Gasteiger partial charge on any atom is 0.416 e. The zero-order valence-corrected chi connectivity index (χ0v) is 13.0. The number of carbonyl (C=O) groups excluding carboxylic acids is 1. The van der Waals surface area contributed by atoms with Gasteiger partial charge in [0.15, 0.2) is 0 Å². The average Bonchev–Trinajstić information content (AvgIpc) is 2.32. The van der Waals surface area contributed by atoms with Crippen LogP contribution in [0.1, 0.15) is 22.3 Å². The molecule has 5 nitrogen and oxygen atoms in total. The molecule has 0 aliphatic rings. The fraction of sp³-hybridized carbons (Fsp3) is 0.364. The summed E-state index contributed by atoms with van der Waals surface area (Å²) < 4.78 is 59.3. The number of carbonyl (C=O) groups is 1. The summed E-state index contributed by atoms with van der Waals surface area (Å²) >= 11 is 2.99. The number of hydrogen-bond donors (Lipinski definition) is 2. The molecule has 0 atom stereocenters. The molecular formula is C11H12BrF3N2O3S. The lowest BCUT2D eigenvalue weighted by Crippen LogP contribution is -2.27. The second-order valence-corrected chi connectivity index (χ2v) is 6.76. The van der Waals surface area contributed by atoms with Gasteiger partial charge in [-0.15, -0.1) is 0 Å². The van der Waals surface area contributed by atoms with E-state index in [1.165, 1.54) is 0 Å². The SMILES string of the molecule is NS(=O)(=O)CCCNC(=O)c1cc(C(F)(F)F)ccc1Br. The van der Waals surface area contributed by atoms with Crippen molar-refractivity contribution in [3.05, 3.63) is 33.8 Å². The fourth-order valence-electron chi connectivity index (χ4n) is 1.45. The number of alkyl halides is 3. The molecule has 0 spiro atoms. The van der Waals surface area contributed by atoms with Gasteiger partial charge >= 0.3 is 6.18 Å². The average molecular weight is 389 g/mol. The first-order valence-electron chi connectivity index (χ1n) is 5.66. The van der Waals surface area contributed by atoms with Gasteiger partial charge in [-0.2, -0.15) is 13.2 Å². The van der Waals surface area contributed by atoms with Gasteiger partial charge < -0.3 is 5.32 Å². The van der Waals surface area contributed by atoms with Crippen LogP contribution in [0.3, 0.4) is 0 Å². The zero-order chi connectivity index (χ0) is 16.3. The van der Waals surface area contributed by atoms with Gasteiger partial charge in [-0.1, -0.05) is 0 Å². The molecule has 0 radical (unpaired) electrons. The maximum absolute atomic E-state index is 12.6. The van der Waals surface area contributed by atoms with E-state index in [2.05, 4.69) is 21.2 Å². The van der Waals surface area contributed by atoms with E-state index in [0.717, 1.165) is 18.2 Å². The molecule has 0 bridgehead atoms. The van der Waals surface area contributed by atoms with E-state index in [-0.39, 0.29) is 28.8 Å². The van der Waals surface area contributed by atoms with Crippen molar-refractivity contribution in [3.8, 4) is 0 Å². The van der Waals surface area contributed by atoms with Gasteiger partial charge in [0.25, 0.3) is 5.91 Å². The third-order valence-electron chi connectivity index (χ3n) is 2.43. The number of nitrogens with one attached hydrogen (secondary N) is 1. The van der Waals surface area contributed by atoms with E-state index in [9.17, 15) is 26.4 Å². The van der Waals surface area contributed by atoms with E-state index in [1.54, 1.807) is 0 Å². The Labute approximate surface area is 127 Å². The van der Waals surface area contributed by atoms with E-state index in [1.807, 2.05) is 0 Å². The highest BCUT2D eigenvalue weighted by molar-refractivity contribution is 9.10. The van der Waals surface area contributed by atoms with Crippen LogP contribution in [-0.2, 0) is 16.2 Å². The van der Waals surface area contributed by atoms with Crippen molar-refractivity contribution in [2.24, 2.45) is 5.14 Å². The van der Waals surface area contributed by atoms with Crippen LogP contribution in [0.4, 0.5) is 13.2 Å². The summed E-state index contributed by atoms with van der Waals surface area (Å²) in [6.45, 7) is -0.0159. The zero-order valence-electron chi connectivity index (χ0n) is 10.6. The van der Waals surface area contributed by atoms with E-state index >= 15 is 0 Å². The monoisotopic (exact) mass is 388 g/mol. The van der Waals surface area contributed by atoms with Crippen molar-refractivity contribution in [2.45, 2.75) is 12.6 Å². The molecule has 0 aliphatic carbocycles. The van der Waals surface area contributed by atoms with Crippen molar-refractivity contribution < 1.29 is 26.4 Å². The lowest BCUT2D eigenvalue weighted by molar-refractivity contribution is -0.137. The molecule has 0 heterocycles. The molecule has 0 saturated carbocycles. The highest BCUT2D eigenvalue weighted by Crippen LogP contribution is 2.31. The molecule has 1 aromatic rings. The number of rotatable bonds is 5. The number of halogens is 4. The highest BCUT2D eigenvalue weighted by Gasteiger charge is 2.31. The van der Waals surface area contributed by atoms with Crippen molar-refractivity contribution in [1.29, 1.82) is 0 Å². The molecule has 10 heteroatoms. The smallest absolute Gasteiger partial charge is 0.352 e. The molecule has 1 rings (SSSR count). The van der Waals surface area contributed by atoms with Crippen molar-refractivity contribution in [3.63, 3.8) is 0 Å². The summed E-state index contributed by atoms with van der Waals surface area (Å²) in [5.74, 6) is -1.06. The first kappa shape index (κ1) is 17.9. The van der Waals surface area contributed by atoms with Crippen LogP contribution in [0.25, 0.3) is 0 Å². The Kier molecular flexibility index (Phi) is 5.76. The van der Waals surface area contributed by atoms with Gasteiger partial charge in [0.2, 0.25) is 10.0 Å². The van der Waals surface area contributed by atoms with Gasteiger partial charge in [-0.05, 0) is 40.5 Å². The van der Waals surface area contributed by atoms with Crippen LogP contribution in [0.2, 0.25) is 0 Å². The van der Waals surface area contributed by atoms with Crippen LogP contribution in [0.5, 0.6) is 0 Å². The molecule has 118 valence electrons. The molecule has 1 aromatic carbocycles. The molecule has 0 unspecified atom stereocenters. The Balaban J connectivity index is 2.74. The summed E-state index contributed by atoms with van der Waals surface area (Å²) in [7, 11) is -3.63. The number of benzene rings is 1. The Morgan fingerprint density at radius 3 is 2.48 bits per heavy atom. The molecular weight excluding hydrogens is 377 g/mol. The topological polar surface area (TPSA) is 89.3 Å². The normalized spacial score (nSPS) is 12.2. The third kappa shape index (κ3) is 6.02. The fourth-order valence-corrected chi connectivity index (χ4v) is 2.42. The Morgan fingerprint density at radius 1 is 1.33 bits per heavy atom. The van der Waals surface area contributed by atoms with Crippen LogP contribution in [-0.4, -0.2) is 26.6 Å². The largest absolute Gasteiger partial charge is 0.416 e.